The lowest BCUT2D eigenvalue weighted by atomic mass is 9.85. The van der Waals surface area contributed by atoms with Gasteiger partial charge in [-0.05, 0) is 25.7 Å². The van der Waals surface area contributed by atoms with E-state index in [0.717, 1.165) is 32.1 Å². The van der Waals surface area contributed by atoms with Crippen molar-refractivity contribution in [2.24, 2.45) is 11.8 Å². The third-order valence-electron chi connectivity index (χ3n) is 9.60. The summed E-state index contributed by atoms with van der Waals surface area (Å²) in [4.78, 5) is 0. The summed E-state index contributed by atoms with van der Waals surface area (Å²) < 4.78 is 25.2. The lowest BCUT2D eigenvalue weighted by Gasteiger charge is -2.42. The van der Waals surface area contributed by atoms with Crippen molar-refractivity contribution in [3.05, 3.63) is 48.9 Å². The van der Waals surface area contributed by atoms with E-state index >= 15 is 0 Å². The molecule has 4 aliphatic rings. The van der Waals surface area contributed by atoms with E-state index in [2.05, 4.69) is 65.1 Å². The fourth-order valence-corrected chi connectivity index (χ4v) is 8.36. The van der Waals surface area contributed by atoms with E-state index in [0.29, 0.717) is 6.42 Å². The highest BCUT2D eigenvalue weighted by molar-refractivity contribution is 6.81. The van der Waals surface area contributed by atoms with Gasteiger partial charge in [0.1, 0.15) is 36.6 Å². The predicted octanol–water partition coefficient (Wildman–Crippen LogP) is 6.32. The van der Waals surface area contributed by atoms with Gasteiger partial charge in [-0.2, -0.15) is 0 Å². The molecule has 0 bridgehead atoms. The molecule has 0 radical (unpaired) electrons. The van der Waals surface area contributed by atoms with Crippen molar-refractivity contribution in [1.82, 2.24) is 0 Å². The molecule has 12 atom stereocenters. The lowest BCUT2D eigenvalue weighted by molar-refractivity contribution is -0.214. The highest BCUT2D eigenvalue weighted by atomic mass is 28.3. The Morgan fingerprint density at radius 3 is 1.64 bits per heavy atom. The molecule has 3 heterocycles. The Morgan fingerprint density at radius 2 is 1.15 bits per heavy atom. The minimum Gasteiger partial charge on any atom is -0.390 e. The molecule has 0 amide bonds. The van der Waals surface area contributed by atoms with Crippen molar-refractivity contribution in [3.63, 3.8) is 0 Å². The molecule has 10 heteroatoms. The Balaban J connectivity index is 0.000000332. The molecule has 1 unspecified atom stereocenters. The second kappa shape index (κ2) is 17.8. The summed E-state index contributed by atoms with van der Waals surface area (Å²) in [5.41, 5.74) is 4.20. The van der Waals surface area contributed by atoms with Crippen LogP contribution in [0.1, 0.15) is 66.2 Å². The SMILES string of the molecule is C.C=CC[C@@H]1O[C@@H]([C@@H](O)/C=C/[Si](C)(C)C)C2OC3(CCCCC3)O[C@H]2[C@H]1C.C=CC[C@@H]1O[C@@H]([C@@H](O)/C=C/[Si](C)(C)C)[C@@H](O)[C@@H](O)[C@H]1C. The van der Waals surface area contributed by atoms with Gasteiger partial charge in [0, 0.05) is 24.7 Å². The van der Waals surface area contributed by atoms with E-state index in [1.807, 2.05) is 24.8 Å². The van der Waals surface area contributed by atoms with Gasteiger partial charge in [0.2, 0.25) is 0 Å². The molecule has 0 aromatic heterocycles. The van der Waals surface area contributed by atoms with Crippen LogP contribution in [0.3, 0.4) is 0 Å². The summed E-state index contributed by atoms with van der Waals surface area (Å²) in [6, 6.07) is 0. The van der Waals surface area contributed by atoms with E-state index < -0.39 is 52.5 Å². The number of rotatable bonds is 10. The van der Waals surface area contributed by atoms with Gasteiger partial charge in [-0.15, -0.1) is 13.2 Å². The van der Waals surface area contributed by atoms with Crippen LogP contribution < -0.4 is 0 Å². The third kappa shape index (κ3) is 11.6. The fourth-order valence-electron chi connectivity index (χ4n) is 6.81. The number of hydrogen-bond acceptors (Lipinski definition) is 8. The summed E-state index contributed by atoms with van der Waals surface area (Å²) in [5.74, 6) is -0.425. The molecule has 0 aromatic rings. The average Bonchev–Trinajstić information content (AvgIpc) is 3.35. The quantitative estimate of drug-likeness (QED) is 0.155. The first-order valence-electron chi connectivity index (χ1n) is 17.4. The molecular weight excluding hydrogens is 629 g/mol. The average molecular weight is 697 g/mol. The molecule has 4 rings (SSSR count). The number of ether oxygens (including phenoxy) is 4. The van der Waals surface area contributed by atoms with Gasteiger partial charge in [-0.1, -0.05) is 103 Å². The monoisotopic (exact) mass is 696 g/mol. The summed E-state index contributed by atoms with van der Waals surface area (Å²) in [6.45, 7) is 24.8. The van der Waals surface area contributed by atoms with Gasteiger partial charge in [0.05, 0.1) is 40.6 Å². The first kappa shape index (κ1) is 42.2. The van der Waals surface area contributed by atoms with Crippen LogP contribution in [-0.4, -0.2) is 103 Å². The first-order chi connectivity index (χ1) is 21.4. The summed E-state index contributed by atoms with van der Waals surface area (Å²) in [6.07, 6.45) is 8.86. The largest absolute Gasteiger partial charge is 0.390 e. The van der Waals surface area contributed by atoms with Crippen LogP contribution in [-0.2, 0) is 18.9 Å². The van der Waals surface area contributed by atoms with Crippen LogP contribution in [0.5, 0.6) is 0 Å². The molecule has 1 spiro atoms. The zero-order chi connectivity index (χ0) is 34.4. The maximum absolute atomic E-state index is 10.9. The fraction of sp³-hybridized carbons (Fsp3) is 0.784. The Kier molecular flexibility index (Phi) is 16.0. The molecule has 272 valence electrons. The molecule has 8 nitrogen and oxygen atoms in total. The zero-order valence-electron chi connectivity index (χ0n) is 29.7. The highest BCUT2D eigenvalue weighted by Gasteiger charge is 2.57. The third-order valence-corrected chi connectivity index (χ3v) is 12.0. The molecule has 1 aliphatic carbocycles. The van der Waals surface area contributed by atoms with E-state index in [1.165, 1.54) is 6.42 Å². The lowest BCUT2D eigenvalue weighted by Crippen LogP contribution is -2.57. The van der Waals surface area contributed by atoms with Crippen molar-refractivity contribution in [2.75, 3.05) is 0 Å². The summed E-state index contributed by atoms with van der Waals surface area (Å²) in [5, 5.41) is 41.3. The van der Waals surface area contributed by atoms with Gasteiger partial charge in [-0.3, -0.25) is 0 Å². The molecule has 4 N–H and O–H groups in total. The summed E-state index contributed by atoms with van der Waals surface area (Å²) in [7, 11) is -2.81. The van der Waals surface area contributed by atoms with Gasteiger partial charge in [-0.25, -0.2) is 0 Å². The Morgan fingerprint density at radius 1 is 0.702 bits per heavy atom. The molecule has 0 aromatic carbocycles. The molecule has 4 fully saturated rings. The Labute approximate surface area is 288 Å². The molecule has 3 aliphatic heterocycles. The van der Waals surface area contributed by atoms with Gasteiger partial charge < -0.3 is 39.4 Å². The first-order valence-corrected chi connectivity index (χ1v) is 24.6. The number of aliphatic hydroxyl groups excluding tert-OH is 4. The molecule has 47 heavy (non-hydrogen) atoms. The van der Waals surface area contributed by atoms with Crippen LogP contribution in [0.15, 0.2) is 48.9 Å². The predicted molar refractivity (Wildman–Crippen MR) is 197 cm³/mol. The van der Waals surface area contributed by atoms with E-state index in [4.69, 9.17) is 18.9 Å². The zero-order valence-corrected chi connectivity index (χ0v) is 31.7. The van der Waals surface area contributed by atoms with Crippen molar-refractivity contribution >= 4 is 16.1 Å². The molecule has 1 saturated carbocycles. The maximum Gasteiger partial charge on any atom is 0.169 e. The van der Waals surface area contributed by atoms with Gasteiger partial charge >= 0.3 is 0 Å². The van der Waals surface area contributed by atoms with Crippen molar-refractivity contribution in [3.8, 4) is 0 Å². The minimum atomic E-state index is -1.42. The van der Waals surface area contributed by atoms with E-state index in [1.54, 1.807) is 12.2 Å². The topological polar surface area (TPSA) is 118 Å². The van der Waals surface area contributed by atoms with Crippen LogP contribution in [0, 0.1) is 11.8 Å². The Bertz CT molecular complexity index is 1030. The number of hydrogen-bond donors (Lipinski definition) is 4. The van der Waals surface area contributed by atoms with Crippen molar-refractivity contribution < 1.29 is 39.4 Å². The number of fused-ring (bicyclic) bond motifs is 1. The summed E-state index contributed by atoms with van der Waals surface area (Å²) >= 11 is 0. The Hall–Kier alpha value is -0.926. The van der Waals surface area contributed by atoms with Crippen LogP contribution in [0.2, 0.25) is 39.3 Å². The van der Waals surface area contributed by atoms with Gasteiger partial charge in [0.25, 0.3) is 0 Å². The van der Waals surface area contributed by atoms with Crippen LogP contribution in [0.4, 0.5) is 0 Å². The maximum atomic E-state index is 10.9. The molecule has 3 saturated heterocycles. The normalized spacial score (nSPS) is 37.0. The smallest absolute Gasteiger partial charge is 0.169 e. The second-order valence-corrected chi connectivity index (χ2v) is 26.2. The minimum absolute atomic E-state index is 0. The van der Waals surface area contributed by atoms with Crippen molar-refractivity contribution in [1.29, 1.82) is 0 Å². The molecular formula is C37H68O8Si2. The van der Waals surface area contributed by atoms with E-state index in [9.17, 15) is 20.4 Å². The van der Waals surface area contributed by atoms with Crippen molar-refractivity contribution in [2.45, 2.75) is 172 Å². The van der Waals surface area contributed by atoms with Gasteiger partial charge in [0.15, 0.2) is 5.79 Å². The number of aliphatic hydroxyl groups is 4. The van der Waals surface area contributed by atoms with E-state index in [-0.39, 0.29) is 49.8 Å². The highest BCUT2D eigenvalue weighted by Crippen LogP contribution is 2.47. The second-order valence-electron chi connectivity index (χ2n) is 16.1. The van der Waals surface area contributed by atoms with Crippen LogP contribution >= 0.6 is 0 Å². The standard InChI is InChI=1S/C21H36O4Si.C15H28O4Si.CH4/c1-6-10-17-15(2)18-20(25-21(24-18)12-8-7-9-13-21)19(23-17)16(22)11-14-26(3,4)5;1-6-7-12-10(2)13(17)14(18)15(19-12)11(16)8-9-20(3,4)5;/h6,11,14-20,22H,1,7-10,12-13H2,2-5H3;6,8-18H,1,7H2,2-5H3;1H4/b14-11+;9-8+;/t15-,16-,17-,18-,19-,20?;10-,11-,12-,13-,14-,15-;/m00./s1. The van der Waals surface area contributed by atoms with Crippen LogP contribution in [0.25, 0.3) is 0 Å².